The molecule has 6 heteroatoms. The number of carbonyl (C=O) groups is 2. The highest BCUT2D eigenvalue weighted by Crippen LogP contribution is 2.39. The number of aliphatic hydroxyl groups excluding tert-OH is 1. The summed E-state index contributed by atoms with van der Waals surface area (Å²) in [6, 6.07) is 15.2. The van der Waals surface area contributed by atoms with Crippen LogP contribution in [0.25, 0.3) is 5.76 Å². The predicted molar refractivity (Wildman–Crippen MR) is 105 cm³/mol. The van der Waals surface area contributed by atoms with Crippen LogP contribution in [0.5, 0.6) is 0 Å². The zero-order valence-electron chi connectivity index (χ0n) is 15.2. The van der Waals surface area contributed by atoms with Crippen LogP contribution in [-0.4, -0.2) is 53.8 Å². The molecule has 0 saturated carbocycles. The first kappa shape index (κ1) is 19.1. The summed E-state index contributed by atoms with van der Waals surface area (Å²) in [7, 11) is 3.81. The molecule has 0 aliphatic carbocycles. The van der Waals surface area contributed by atoms with E-state index in [1.807, 2.05) is 49.3 Å². The standard InChI is InChI=1S/C21H21ClN2O3/c1-23(2)12-13-24-18(14-6-4-3-5-7-14)17(20(26)21(24)27)19(25)15-8-10-16(22)11-9-15/h3-11,18,25H,12-13H2,1-2H3/b19-17+/t18-/m1/s1. The molecule has 0 radical (unpaired) electrons. The fraction of sp³-hybridized carbons (Fsp3) is 0.238. The van der Waals surface area contributed by atoms with Crippen molar-refractivity contribution in [1.82, 2.24) is 9.80 Å². The van der Waals surface area contributed by atoms with Crippen LogP contribution in [0, 0.1) is 0 Å². The lowest BCUT2D eigenvalue weighted by Gasteiger charge is -2.26. The molecule has 140 valence electrons. The van der Waals surface area contributed by atoms with E-state index in [1.54, 1.807) is 24.3 Å². The minimum atomic E-state index is -0.671. The van der Waals surface area contributed by atoms with E-state index in [-0.39, 0.29) is 11.3 Å². The zero-order chi connectivity index (χ0) is 19.6. The third-order valence-electron chi connectivity index (χ3n) is 4.56. The molecule has 1 heterocycles. The number of hydrogen-bond donors (Lipinski definition) is 1. The van der Waals surface area contributed by atoms with Crippen molar-refractivity contribution in [2.45, 2.75) is 6.04 Å². The van der Waals surface area contributed by atoms with Crippen LogP contribution in [0.15, 0.2) is 60.2 Å². The van der Waals surface area contributed by atoms with Crippen molar-refractivity contribution in [3.63, 3.8) is 0 Å². The van der Waals surface area contributed by atoms with E-state index in [0.29, 0.717) is 23.7 Å². The maximum atomic E-state index is 12.8. The molecule has 1 amide bonds. The lowest BCUT2D eigenvalue weighted by molar-refractivity contribution is -0.140. The molecule has 1 atom stereocenters. The number of hydrogen-bond acceptors (Lipinski definition) is 4. The first-order valence-corrected chi connectivity index (χ1v) is 9.02. The molecule has 27 heavy (non-hydrogen) atoms. The van der Waals surface area contributed by atoms with Gasteiger partial charge in [-0.2, -0.15) is 0 Å². The number of nitrogens with zero attached hydrogens (tertiary/aromatic N) is 2. The summed E-state index contributed by atoms with van der Waals surface area (Å²) in [5.74, 6) is -1.46. The molecule has 1 N–H and O–H groups in total. The van der Waals surface area contributed by atoms with Crippen LogP contribution >= 0.6 is 11.6 Å². The summed E-state index contributed by atoms with van der Waals surface area (Å²) in [4.78, 5) is 28.9. The van der Waals surface area contributed by atoms with E-state index in [0.717, 1.165) is 5.56 Å². The molecule has 1 saturated heterocycles. The lowest BCUT2D eigenvalue weighted by Crippen LogP contribution is -2.35. The third kappa shape index (κ3) is 3.89. The molecule has 0 spiro atoms. The molecular weight excluding hydrogens is 364 g/mol. The summed E-state index contributed by atoms with van der Waals surface area (Å²) in [6.07, 6.45) is 0. The second-order valence-electron chi connectivity index (χ2n) is 6.71. The highest BCUT2D eigenvalue weighted by atomic mass is 35.5. The van der Waals surface area contributed by atoms with Gasteiger partial charge in [0.05, 0.1) is 11.6 Å². The SMILES string of the molecule is CN(C)CCN1C(=O)C(=O)/C(=C(/O)c2ccc(Cl)cc2)[C@H]1c1ccccc1. The number of carbonyl (C=O) groups excluding carboxylic acids is 2. The largest absolute Gasteiger partial charge is 0.507 e. The minimum absolute atomic E-state index is 0.104. The van der Waals surface area contributed by atoms with Gasteiger partial charge in [0.2, 0.25) is 0 Å². The van der Waals surface area contributed by atoms with Crippen molar-refractivity contribution in [2.24, 2.45) is 0 Å². The van der Waals surface area contributed by atoms with E-state index in [4.69, 9.17) is 11.6 Å². The molecule has 1 aliphatic heterocycles. The van der Waals surface area contributed by atoms with Gasteiger partial charge < -0.3 is 14.9 Å². The maximum Gasteiger partial charge on any atom is 0.295 e. The molecule has 5 nitrogen and oxygen atoms in total. The predicted octanol–water partition coefficient (Wildman–Crippen LogP) is 3.32. The van der Waals surface area contributed by atoms with Gasteiger partial charge in [0.15, 0.2) is 0 Å². The van der Waals surface area contributed by atoms with Crippen molar-refractivity contribution in [3.05, 3.63) is 76.3 Å². The summed E-state index contributed by atoms with van der Waals surface area (Å²) in [6.45, 7) is 0.992. The molecule has 3 rings (SSSR count). The smallest absolute Gasteiger partial charge is 0.295 e. The normalized spacial score (nSPS) is 19.1. The summed E-state index contributed by atoms with van der Waals surface area (Å²) in [5, 5.41) is 11.4. The maximum absolute atomic E-state index is 12.8. The van der Waals surface area contributed by atoms with Gasteiger partial charge in [0.1, 0.15) is 5.76 Å². The number of aliphatic hydroxyl groups is 1. The van der Waals surface area contributed by atoms with Gasteiger partial charge in [-0.3, -0.25) is 9.59 Å². The second-order valence-corrected chi connectivity index (χ2v) is 7.15. The van der Waals surface area contributed by atoms with Gasteiger partial charge in [-0.1, -0.05) is 41.9 Å². The first-order valence-electron chi connectivity index (χ1n) is 8.64. The van der Waals surface area contributed by atoms with Gasteiger partial charge in [-0.15, -0.1) is 0 Å². The molecule has 2 aromatic carbocycles. The summed E-state index contributed by atoms with van der Waals surface area (Å²) >= 11 is 5.91. The Balaban J connectivity index is 2.12. The Morgan fingerprint density at radius 2 is 1.70 bits per heavy atom. The van der Waals surface area contributed by atoms with Crippen LogP contribution < -0.4 is 0 Å². The Morgan fingerprint density at radius 3 is 2.30 bits per heavy atom. The quantitative estimate of drug-likeness (QED) is 0.488. The van der Waals surface area contributed by atoms with Crippen LogP contribution in [-0.2, 0) is 9.59 Å². The van der Waals surface area contributed by atoms with Crippen LogP contribution in [0.3, 0.4) is 0 Å². The number of likely N-dealkylation sites (tertiary alicyclic amines) is 1. The van der Waals surface area contributed by atoms with Crippen molar-refractivity contribution in [1.29, 1.82) is 0 Å². The Bertz CT molecular complexity index is 876. The van der Waals surface area contributed by atoms with Crippen molar-refractivity contribution in [2.75, 3.05) is 27.2 Å². The summed E-state index contributed by atoms with van der Waals surface area (Å²) in [5.41, 5.74) is 1.34. The number of rotatable bonds is 5. The summed E-state index contributed by atoms with van der Waals surface area (Å²) < 4.78 is 0. The van der Waals surface area contributed by atoms with Crippen molar-refractivity contribution < 1.29 is 14.7 Å². The Morgan fingerprint density at radius 1 is 1.07 bits per heavy atom. The third-order valence-corrected chi connectivity index (χ3v) is 4.81. The topological polar surface area (TPSA) is 60.9 Å². The van der Waals surface area contributed by atoms with Crippen LogP contribution in [0.2, 0.25) is 5.02 Å². The van der Waals surface area contributed by atoms with E-state index in [9.17, 15) is 14.7 Å². The Kier molecular flexibility index (Phi) is 5.63. The number of likely N-dealkylation sites (N-methyl/N-ethyl adjacent to an activating group) is 1. The molecule has 0 aromatic heterocycles. The van der Waals surface area contributed by atoms with Crippen molar-refractivity contribution >= 4 is 29.1 Å². The van der Waals surface area contributed by atoms with Gasteiger partial charge >= 0.3 is 0 Å². The van der Waals surface area contributed by atoms with Gasteiger partial charge in [-0.25, -0.2) is 0 Å². The Labute approximate surface area is 163 Å². The molecular formula is C21H21ClN2O3. The van der Waals surface area contributed by atoms with Crippen LogP contribution in [0.1, 0.15) is 17.2 Å². The number of halogens is 1. The monoisotopic (exact) mass is 384 g/mol. The molecule has 1 aliphatic rings. The molecule has 0 bridgehead atoms. The van der Waals surface area contributed by atoms with Crippen molar-refractivity contribution in [3.8, 4) is 0 Å². The van der Waals surface area contributed by atoms with Gasteiger partial charge in [0.25, 0.3) is 11.7 Å². The highest BCUT2D eigenvalue weighted by Gasteiger charge is 2.45. The minimum Gasteiger partial charge on any atom is -0.507 e. The average molecular weight is 385 g/mol. The first-order chi connectivity index (χ1) is 12.9. The lowest BCUT2D eigenvalue weighted by atomic mass is 9.95. The van der Waals surface area contributed by atoms with E-state index in [1.165, 1.54) is 4.90 Å². The number of amides is 1. The number of benzene rings is 2. The fourth-order valence-corrected chi connectivity index (χ4v) is 3.29. The highest BCUT2D eigenvalue weighted by molar-refractivity contribution is 6.46. The average Bonchev–Trinajstić information content (AvgIpc) is 2.91. The Hall–Kier alpha value is -2.63. The van der Waals surface area contributed by atoms with E-state index >= 15 is 0 Å². The van der Waals surface area contributed by atoms with E-state index < -0.39 is 17.7 Å². The fourth-order valence-electron chi connectivity index (χ4n) is 3.16. The van der Waals surface area contributed by atoms with Gasteiger partial charge in [-0.05, 0) is 43.9 Å². The molecule has 2 aromatic rings. The number of Topliss-reactive ketones (excluding diaryl/α,β-unsaturated/α-hetero) is 1. The molecule has 1 fully saturated rings. The van der Waals surface area contributed by atoms with Crippen LogP contribution in [0.4, 0.5) is 0 Å². The molecule has 0 unspecified atom stereocenters. The number of ketones is 1. The van der Waals surface area contributed by atoms with E-state index in [2.05, 4.69) is 0 Å². The second kappa shape index (κ2) is 7.94. The van der Waals surface area contributed by atoms with Gasteiger partial charge in [0, 0.05) is 23.7 Å². The zero-order valence-corrected chi connectivity index (χ0v) is 16.0.